The predicted molar refractivity (Wildman–Crippen MR) is 125 cm³/mol. The third kappa shape index (κ3) is 5.98. The fourth-order valence-corrected chi connectivity index (χ4v) is 3.14. The van der Waals surface area contributed by atoms with Crippen molar-refractivity contribution in [3.05, 3.63) is 74.7 Å². The van der Waals surface area contributed by atoms with Gasteiger partial charge in [0.1, 0.15) is 28.6 Å². The third-order valence-electron chi connectivity index (χ3n) is 4.69. The molecule has 1 N–H and O–H groups in total. The van der Waals surface area contributed by atoms with Crippen LogP contribution in [0.15, 0.2) is 53.0 Å². The number of ether oxygens (including phenoxy) is 2. The van der Waals surface area contributed by atoms with Gasteiger partial charge in [-0.05, 0) is 62.2 Å². The number of benzene rings is 1. The van der Waals surface area contributed by atoms with Crippen LogP contribution in [0.5, 0.6) is 11.6 Å². The second kappa shape index (κ2) is 11.3. The van der Waals surface area contributed by atoms with Crippen LogP contribution < -0.4 is 15.6 Å². The molecule has 0 radical (unpaired) electrons. The number of rotatable bonds is 9. The van der Waals surface area contributed by atoms with Crippen LogP contribution in [-0.2, 0) is 9.53 Å². The largest absolute Gasteiger partial charge is 0.438 e. The number of hydrogen-bond donors (Lipinski definition) is 1. The van der Waals surface area contributed by atoms with Gasteiger partial charge in [0.05, 0.1) is 0 Å². The van der Waals surface area contributed by atoms with Crippen LogP contribution in [0.4, 0.5) is 0 Å². The lowest BCUT2D eigenvalue weighted by molar-refractivity contribution is -0.117. The fourth-order valence-electron chi connectivity index (χ4n) is 3.02. The van der Waals surface area contributed by atoms with E-state index in [0.717, 1.165) is 5.56 Å². The summed E-state index contributed by atoms with van der Waals surface area (Å²) < 4.78 is 12.5. The number of nitriles is 1. The summed E-state index contributed by atoms with van der Waals surface area (Å²) in [5.41, 5.74) is 0.443. The van der Waals surface area contributed by atoms with Gasteiger partial charge in [-0.1, -0.05) is 17.7 Å². The highest BCUT2D eigenvalue weighted by Crippen LogP contribution is 2.25. The lowest BCUT2D eigenvalue weighted by Gasteiger charge is -2.11. The van der Waals surface area contributed by atoms with Crippen LogP contribution >= 0.6 is 11.6 Å². The SMILES string of the molecule is CCOCCCNC(=O)/C(C#N)=C/c1c(Oc2ccc(Cl)cc2)nc2c(C)cccn2c1=O. The predicted octanol–water partition coefficient (Wildman–Crippen LogP) is 3.90. The van der Waals surface area contributed by atoms with Crippen molar-refractivity contribution in [3.63, 3.8) is 0 Å². The Balaban J connectivity index is 2.02. The number of nitrogens with one attached hydrogen (secondary N) is 1. The number of aromatic nitrogens is 2. The summed E-state index contributed by atoms with van der Waals surface area (Å²) in [5, 5.41) is 12.8. The molecule has 0 aliphatic heterocycles. The average Bonchev–Trinajstić information content (AvgIpc) is 2.81. The van der Waals surface area contributed by atoms with E-state index in [-0.39, 0.29) is 17.0 Å². The Bertz CT molecular complexity index is 1280. The summed E-state index contributed by atoms with van der Waals surface area (Å²) in [6.07, 6.45) is 3.37. The van der Waals surface area contributed by atoms with Crippen molar-refractivity contribution in [2.45, 2.75) is 20.3 Å². The second-order valence-corrected chi connectivity index (χ2v) is 7.49. The molecule has 0 fully saturated rings. The standard InChI is InChI=1S/C24H23ClN4O4/c1-3-32-13-5-11-27-22(30)17(15-26)14-20-23(33-19-9-7-18(25)8-10-19)28-21-16(2)6-4-12-29(21)24(20)31/h4,6-10,12,14H,3,5,11,13H2,1-2H3,(H,27,30)/b17-14+. The van der Waals surface area contributed by atoms with Crippen molar-refractivity contribution in [3.8, 4) is 17.7 Å². The first-order valence-electron chi connectivity index (χ1n) is 10.4. The van der Waals surface area contributed by atoms with Gasteiger partial charge in [0.25, 0.3) is 11.5 Å². The fraction of sp³-hybridized carbons (Fsp3) is 0.250. The molecule has 0 atom stereocenters. The van der Waals surface area contributed by atoms with E-state index in [4.69, 9.17) is 21.1 Å². The van der Waals surface area contributed by atoms with E-state index in [2.05, 4.69) is 10.3 Å². The number of aryl methyl sites for hydroxylation is 1. The molecule has 0 unspecified atom stereocenters. The summed E-state index contributed by atoms with van der Waals surface area (Å²) in [5.74, 6) is -0.216. The quantitative estimate of drug-likeness (QED) is 0.291. The van der Waals surface area contributed by atoms with Gasteiger partial charge in [0.15, 0.2) is 0 Å². The molecule has 3 aromatic rings. The van der Waals surface area contributed by atoms with E-state index in [1.807, 2.05) is 26.0 Å². The Morgan fingerprint density at radius 2 is 2.06 bits per heavy atom. The van der Waals surface area contributed by atoms with Gasteiger partial charge in [-0.25, -0.2) is 0 Å². The lowest BCUT2D eigenvalue weighted by atomic mass is 10.1. The van der Waals surface area contributed by atoms with Gasteiger partial charge < -0.3 is 14.8 Å². The van der Waals surface area contributed by atoms with Gasteiger partial charge in [-0.15, -0.1) is 0 Å². The first-order valence-corrected chi connectivity index (χ1v) is 10.8. The Morgan fingerprint density at radius 1 is 1.30 bits per heavy atom. The zero-order chi connectivity index (χ0) is 23.8. The molecule has 1 amide bonds. The Morgan fingerprint density at radius 3 is 2.76 bits per heavy atom. The van der Waals surface area contributed by atoms with E-state index in [9.17, 15) is 14.9 Å². The Labute approximate surface area is 196 Å². The molecule has 2 aromatic heterocycles. The van der Waals surface area contributed by atoms with E-state index < -0.39 is 11.5 Å². The highest BCUT2D eigenvalue weighted by Gasteiger charge is 2.18. The lowest BCUT2D eigenvalue weighted by Crippen LogP contribution is -2.27. The van der Waals surface area contributed by atoms with Crippen LogP contribution in [0.2, 0.25) is 5.02 Å². The number of carbonyl (C=O) groups excluding carboxylic acids is 1. The highest BCUT2D eigenvalue weighted by atomic mass is 35.5. The first-order chi connectivity index (χ1) is 15.9. The number of pyridine rings is 1. The van der Waals surface area contributed by atoms with Crippen molar-refractivity contribution in [1.29, 1.82) is 5.26 Å². The van der Waals surface area contributed by atoms with Crippen LogP contribution in [-0.4, -0.2) is 35.1 Å². The molecule has 8 nitrogen and oxygen atoms in total. The molecule has 0 saturated carbocycles. The maximum Gasteiger partial charge on any atom is 0.269 e. The summed E-state index contributed by atoms with van der Waals surface area (Å²) in [6, 6.07) is 11.9. The van der Waals surface area contributed by atoms with Gasteiger partial charge in [-0.3, -0.25) is 14.0 Å². The maximum atomic E-state index is 13.3. The molecule has 9 heteroatoms. The summed E-state index contributed by atoms with van der Waals surface area (Å²) >= 11 is 5.94. The minimum atomic E-state index is -0.597. The molecule has 0 aliphatic rings. The van der Waals surface area contributed by atoms with Crippen molar-refractivity contribution >= 4 is 29.2 Å². The normalized spacial score (nSPS) is 11.3. The number of nitrogens with zero attached hydrogens (tertiary/aromatic N) is 3. The van der Waals surface area contributed by atoms with E-state index in [1.165, 1.54) is 10.5 Å². The van der Waals surface area contributed by atoms with Crippen LogP contribution in [0.25, 0.3) is 11.7 Å². The maximum absolute atomic E-state index is 13.3. The summed E-state index contributed by atoms with van der Waals surface area (Å²) in [6.45, 7) is 5.12. The van der Waals surface area contributed by atoms with Gasteiger partial charge in [0, 0.05) is 31.0 Å². The van der Waals surface area contributed by atoms with Crippen LogP contribution in [0.1, 0.15) is 24.5 Å². The molecular weight excluding hydrogens is 444 g/mol. The van der Waals surface area contributed by atoms with Crippen LogP contribution in [0.3, 0.4) is 0 Å². The molecule has 0 saturated heterocycles. The van der Waals surface area contributed by atoms with Crippen LogP contribution in [0, 0.1) is 18.3 Å². The Hall–Kier alpha value is -3.67. The first kappa shape index (κ1) is 24.0. The molecule has 2 heterocycles. The van der Waals surface area contributed by atoms with Crippen molar-refractivity contribution in [1.82, 2.24) is 14.7 Å². The Kier molecular flexibility index (Phi) is 8.19. The monoisotopic (exact) mass is 466 g/mol. The molecule has 0 bridgehead atoms. The summed E-state index contributed by atoms with van der Waals surface area (Å²) in [4.78, 5) is 30.3. The number of amides is 1. The molecule has 0 aliphatic carbocycles. The third-order valence-corrected chi connectivity index (χ3v) is 4.94. The number of halogens is 1. The average molecular weight is 467 g/mol. The molecular formula is C24H23ClN4O4. The highest BCUT2D eigenvalue weighted by molar-refractivity contribution is 6.30. The topological polar surface area (TPSA) is 106 Å². The van der Waals surface area contributed by atoms with Crippen molar-refractivity contribution in [2.24, 2.45) is 0 Å². The molecule has 170 valence electrons. The van der Waals surface area contributed by atoms with Gasteiger partial charge >= 0.3 is 0 Å². The molecule has 33 heavy (non-hydrogen) atoms. The minimum Gasteiger partial charge on any atom is -0.438 e. The molecule has 0 spiro atoms. The van der Waals surface area contributed by atoms with Crippen molar-refractivity contribution in [2.75, 3.05) is 19.8 Å². The number of fused-ring (bicyclic) bond motifs is 1. The second-order valence-electron chi connectivity index (χ2n) is 7.05. The van der Waals surface area contributed by atoms with Gasteiger partial charge in [-0.2, -0.15) is 10.2 Å². The van der Waals surface area contributed by atoms with E-state index >= 15 is 0 Å². The molecule has 3 rings (SSSR count). The zero-order valence-electron chi connectivity index (χ0n) is 18.3. The number of hydrogen-bond acceptors (Lipinski definition) is 6. The van der Waals surface area contributed by atoms with E-state index in [1.54, 1.807) is 36.5 Å². The smallest absolute Gasteiger partial charge is 0.269 e. The van der Waals surface area contributed by atoms with Gasteiger partial charge in [0.2, 0.25) is 5.88 Å². The number of carbonyl (C=O) groups is 1. The summed E-state index contributed by atoms with van der Waals surface area (Å²) in [7, 11) is 0. The zero-order valence-corrected chi connectivity index (χ0v) is 19.1. The van der Waals surface area contributed by atoms with E-state index in [0.29, 0.717) is 42.6 Å². The minimum absolute atomic E-state index is 0.0194. The molecule has 1 aromatic carbocycles. The van der Waals surface area contributed by atoms with Crippen molar-refractivity contribution < 1.29 is 14.3 Å².